The predicted octanol–water partition coefficient (Wildman–Crippen LogP) is 6.18. The van der Waals surface area contributed by atoms with Crippen molar-refractivity contribution in [2.24, 2.45) is 0 Å². The summed E-state index contributed by atoms with van der Waals surface area (Å²) in [6, 6.07) is 19.9. The number of rotatable bonds is 6. The highest BCUT2D eigenvalue weighted by atomic mass is 32.2. The van der Waals surface area contributed by atoms with Gasteiger partial charge < -0.3 is 10.6 Å². The van der Waals surface area contributed by atoms with Crippen molar-refractivity contribution in [3.63, 3.8) is 0 Å². The summed E-state index contributed by atoms with van der Waals surface area (Å²) in [6.45, 7) is 6.00. The number of fused-ring (bicyclic) bond motifs is 1. The molecule has 34 heavy (non-hydrogen) atoms. The fraction of sp³-hybridized carbons (Fsp3) is 0.192. The van der Waals surface area contributed by atoms with E-state index in [0.717, 1.165) is 27.6 Å². The van der Waals surface area contributed by atoms with Gasteiger partial charge in [0.25, 0.3) is 5.91 Å². The van der Waals surface area contributed by atoms with E-state index in [9.17, 15) is 4.79 Å². The normalized spacial score (nSPS) is 15.1. The number of hydrogen-bond acceptors (Lipinski definition) is 6. The van der Waals surface area contributed by atoms with Gasteiger partial charge in [-0.3, -0.25) is 4.79 Å². The number of anilines is 2. The number of nitrogens with zero attached hydrogens (tertiary/aromatic N) is 3. The van der Waals surface area contributed by atoms with Gasteiger partial charge in [0, 0.05) is 22.0 Å². The molecule has 0 radical (unpaired) electrons. The Hall–Kier alpha value is -3.36. The Morgan fingerprint density at radius 3 is 2.74 bits per heavy atom. The van der Waals surface area contributed by atoms with Gasteiger partial charge in [-0.1, -0.05) is 65.9 Å². The third kappa shape index (κ3) is 4.51. The first kappa shape index (κ1) is 22.4. The molecule has 1 unspecified atom stereocenters. The van der Waals surface area contributed by atoms with Gasteiger partial charge in [-0.15, -0.1) is 16.4 Å². The second kappa shape index (κ2) is 9.48. The molecule has 1 aliphatic heterocycles. The van der Waals surface area contributed by atoms with E-state index in [4.69, 9.17) is 10.1 Å². The molecule has 3 heterocycles. The van der Waals surface area contributed by atoms with Crippen molar-refractivity contribution < 1.29 is 4.79 Å². The van der Waals surface area contributed by atoms with Crippen molar-refractivity contribution in [2.45, 2.75) is 37.7 Å². The number of hydrogen-bond donors (Lipinski definition) is 2. The first-order chi connectivity index (χ1) is 16.5. The zero-order valence-corrected chi connectivity index (χ0v) is 20.8. The fourth-order valence-electron chi connectivity index (χ4n) is 4.05. The number of nitrogens with one attached hydrogen (secondary N) is 2. The lowest BCUT2D eigenvalue weighted by molar-refractivity contribution is -0.113. The SMILES string of the molecule is CC1=C(C(=O)Nc2ccccc2C)C(c2cccs2)n2nc(SCc3cccc(C)c3)nc2N1. The first-order valence-electron chi connectivity index (χ1n) is 11.0. The smallest absolute Gasteiger partial charge is 0.255 e. The molecule has 6 nitrogen and oxygen atoms in total. The Labute approximate surface area is 207 Å². The maximum atomic E-state index is 13.5. The molecule has 8 heteroatoms. The van der Waals surface area contributed by atoms with E-state index < -0.39 is 0 Å². The number of amides is 1. The lowest BCUT2D eigenvalue weighted by Gasteiger charge is -2.27. The van der Waals surface area contributed by atoms with E-state index in [1.807, 2.05) is 60.3 Å². The number of thioether (sulfide) groups is 1. The molecule has 0 spiro atoms. The minimum atomic E-state index is -0.346. The summed E-state index contributed by atoms with van der Waals surface area (Å²) in [5, 5.41) is 13.9. The molecule has 0 aliphatic carbocycles. The Balaban J connectivity index is 1.46. The second-order valence-corrected chi connectivity index (χ2v) is 10.2. The fourth-order valence-corrected chi connectivity index (χ4v) is 5.64. The molecule has 5 rings (SSSR count). The number of aryl methyl sites for hydroxylation is 2. The molecule has 0 fully saturated rings. The van der Waals surface area contributed by atoms with Gasteiger partial charge >= 0.3 is 0 Å². The van der Waals surface area contributed by atoms with Crippen LogP contribution >= 0.6 is 23.1 Å². The van der Waals surface area contributed by atoms with Crippen LogP contribution in [0.4, 0.5) is 11.6 Å². The van der Waals surface area contributed by atoms with Crippen LogP contribution in [-0.2, 0) is 10.5 Å². The average Bonchev–Trinajstić information content (AvgIpc) is 3.48. The largest absolute Gasteiger partial charge is 0.328 e. The van der Waals surface area contributed by atoms with Crippen molar-refractivity contribution in [1.29, 1.82) is 0 Å². The van der Waals surface area contributed by atoms with Crippen LogP contribution in [0, 0.1) is 13.8 Å². The zero-order valence-electron chi connectivity index (χ0n) is 19.2. The van der Waals surface area contributed by atoms with Gasteiger partial charge in [-0.25, -0.2) is 4.68 Å². The van der Waals surface area contributed by atoms with E-state index in [-0.39, 0.29) is 11.9 Å². The molecule has 0 saturated heterocycles. The molecule has 2 N–H and O–H groups in total. The van der Waals surface area contributed by atoms with Crippen LogP contribution in [0.1, 0.15) is 34.5 Å². The second-order valence-electron chi connectivity index (χ2n) is 8.29. The molecule has 172 valence electrons. The van der Waals surface area contributed by atoms with Crippen LogP contribution < -0.4 is 10.6 Å². The highest BCUT2D eigenvalue weighted by Gasteiger charge is 2.35. The summed E-state index contributed by atoms with van der Waals surface area (Å²) >= 11 is 3.20. The predicted molar refractivity (Wildman–Crippen MR) is 139 cm³/mol. The minimum absolute atomic E-state index is 0.146. The highest BCUT2D eigenvalue weighted by Crippen LogP contribution is 2.38. The number of para-hydroxylation sites is 1. The number of allylic oxidation sites excluding steroid dienone is 1. The zero-order chi connectivity index (χ0) is 23.7. The highest BCUT2D eigenvalue weighted by molar-refractivity contribution is 7.98. The van der Waals surface area contributed by atoms with Crippen molar-refractivity contribution in [2.75, 3.05) is 10.6 Å². The third-order valence-electron chi connectivity index (χ3n) is 5.73. The third-order valence-corrected chi connectivity index (χ3v) is 7.57. The Bertz CT molecular complexity index is 1370. The van der Waals surface area contributed by atoms with Gasteiger partial charge in [0.2, 0.25) is 11.1 Å². The van der Waals surface area contributed by atoms with E-state index in [1.54, 1.807) is 23.1 Å². The van der Waals surface area contributed by atoms with Crippen molar-refractivity contribution in [1.82, 2.24) is 14.8 Å². The van der Waals surface area contributed by atoms with Crippen LogP contribution in [0.5, 0.6) is 0 Å². The molecule has 4 aromatic rings. The quantitative estimate of drug-likeness (QED) is 0.318. The van der Waals surface area contributed by atoms with Gasteiger partial charge in [-0.05, 0) is 49.4 Å². The van der Waals surface area contributed by atoms with Crippen LogP contribution in [0.15, 0.2) is 82.5 Å². The summed E-state index contributed by atoms with van der Waals surface area (Å²) in [7, 11) is 0. The molecule has 0 saturated carbocycles. The first-order valence-corrected chi connectivity index (χ1v) is 12.9. The summed E-state index contributed by atoms with van der Waals surface area (Å²) in [5.41, 5.74) is 5.70. The van der Waals surface area contributed by atoms with E-state index >= 15 is 0 Å². The monoisotopic (exact) mass is 487 g/mol. The average molecular weight is 488 g/mol. The van der Waals surface area contributed by atoms with Crippen LogP contribution in [0.3, 0.4) is 0 Å². The minimum Gasteiger partial charge on any atom is -0.328 e. The van der Waals surface area contributed by atoms with Crippen molar-refractivity contribution in [3.05, 3.63) is 98.9 Å². The standard InChI is InChI=1S/C26H25N5OS2/c1-16-8-6-10-19(14-16)15-34-26-29-25-27-18(3)22(23(31(25)30-26)21-12-7-13-33-21)24(32)28-20-11-5-4-9-17(20)2/h4-14,23H,15H2,1-3H3,(H,28,32)(H,27,29,30). The molecule has 1 amide bonds. The number of carbonyl (C=O) groups is 1. The molecular formula is C26H25N5OS2. The van der Waals surface area contributed by atoms with Crippen molar-refractivity contribution >= 4 is 40.6 Å². The summed E-state index contributed by atoms with van der Waals surface area (Å²) < 4.78 is 1.84. The number of aromatic nitrogens is 3. The maximum Gasteiger partial charge on any atom is 0.255 e. The molecule has 1 aliphatic rings. The van der Waals surface area contributed by atoms with E-state index in [1.165, 1.54) is 11.1 Å². The Morgan fingerprint density at radius 1 is 1.12 bits per heavy atom. The van der Waals surface area contributed by atoms with Gasteiger partial charge in [0.15, 0.2) is 0 Å². The summed E-state index contributed by atoms with van der Waals surface area (Å²) in [6.07, 6.45) is 0. The Morgan fingerprint density at radius 2 is 1.97 bits per heavy atom. The molecule has 0 bridgehead atoms. The van der Waals surface area contributed by atoms with E-state index in [2.05, 4.69) is 41.8 Å². The Kier molecular flexibility index (Phi) is 6.26. The lowest BCUT2D eigenvalue weighted by atomic mass is 10.0. The number of carbonyl (C=O) groups excluding carboxylic acids is 1. The van der Waals surface area contributed by atoms with Crippen LogP contribution in [0.2, 0.25) is 0 Å². The van der Waals surface area contributed by atoms with Crippen LogP contribution in [0.25, 0.3) is 0 Å². The van der Waals surface area contributed by atoms with Gasteiger partial charge in [0.05, 0.1) is 5.57 Å². The topological polar surface area (TPSA) is 71.8 Å². The summed E-state index contributed by atoms with van der Waals surface area (Å²) in [5.74, 6) is 1.28. The molecule has 1 atom stereocenters. The lowest BCUT2D eigenvalue weighted by Crippen LogP contribution is -2.31. The molecule has 2 aromatic carbocycles. The molecular weight excluding hydrogens is 462 g/mol. The van der Waals surface area contributed by atoms with Gasteiger partial charge in [-0.2, -0.15) is 4.98 Å². The van der Waals surface area contributed by atoms with Crippen LogP contribution in [-0.4, -0.2) is 20.7 Å². The van der Waals surface area contributed by atoms with Gasteiger partial charge in [0.1, 0.15) is 6.04 Å². The van der Waals surface area contributed by atoms with Crippen molar-refractivity contribution in [3.8, 4) is 0 Å². The number of thiophene rings is 1. The summed E-state index contributed by atoms with van der Waals surface area (Å²) in [4.78, 5) is 19.3. The molecule has 2 aromatic heterocycles. The number of benzene rings is 2. The van der Waals surface area contributed by atoms with E-state index in [0.29, 0.717) is 16.7 Å². The maximum absolute atomic E-state index is 13.5.